The minimum Gasteiger partial charge on any atom is -0.393 e. The fraction of sp³-hybridized carbons (Fsp3) is 0.765. The van der Waals surface area contributed by atoms with Gasteiger partial charge in [-0.2, -0.15) is 0 Å². The van der Waals surface area contributed by atoms with E-state index in [4.69, 9.17) is 9.47 Å². The molecule has 0 aliphatic carbocycles. The van der Waals surface area contributed by atoms with Gasteiger partial charge < -0.3 is 14.6 Å². The van der Waals surface area contributed by atoms with E-state index in [-0.39, 0.29) is 11.7 Å². The second-order valence-corrected chi connectivity index (χ2v) is 7.47. The number of thiophene rings is 1. The standard InChI is InChI=1S/C17H26O3S/c18-16(5-1-3-15-4-2-12-21-15)14-6-9-20-17(13-14)7-10-19-11-8-17/h2,4,12,14,16,18H,1,3,5-11,13H2. The molecule has 4 heteroatoms. The number of aliphatic hydroxyl groups is 1. The lowest BCUT2D eigenvalue weighted by atomic mass is 9.77. The zero-order valence-corrected chi connectivity index (χ0v) is 13.4. The highest BCUT2D eigenvalue weighted by molar-refractivity contribution is 7.09. The minimum absolute atomic E-state index is 0.00407. The normalized spacial score (nSPS) is 26.8. The van der Waals surface area contributed by atoms with Crippen molar-refractivity contribution in [2.45, 2.75) is 56.7 Å². The van der Waals surface area contributed by atoms with Crippen molar-refractivity contribution < 1.29 is 14.6 Å². The second kappa shape index (κ2) is 7.23. The fourth-order valence-electron chi connectivity index (χ4n) is 3.66. The van der Waals surface area contributed by atoms with Gasteiger partial charge in [0.2, 0.25) is 0 Å². The molecule has 2 atom stereocenters. The average Bonchev–Trinajstić information content (AvgIpc) is 3.01. The van der Waals surface area contributed by atoms with Gasteiger partial charge in [-0.05, 0) is 62.3 Å². The van der Waals surface area contributed by atoms with Crippen molar-refractivity contribution in [3.8, 4) is 0 Å². The highest BCUT2D eigenvalue weighted by atomic mass is 32.1. The molecule has 2 aliphatic heterocycles. The van der Waals surface area contributed by atoms with Crippen LogP contribution in [0.2, 0.25) is 0 Å². The van der Waals surface area contributed by atoms with Crippen LogP contribution in [0.1, 0.15) is 43.4 Å². The van der Waals surface area contributed by atoms with Gasteiger partial charge in [-0.15, -0.1) is 11.3 Å². The van der Waals surface area contributed by atoms with Gasteiger partial charge in [-0.3, -0.25) is 0 Å². The maximum atomic E-state index is 10.5. The maximum absolute atomic E-state index is 10.5. The Balaban J connectivity index is 1.46. The smallest absolute Gasteiger partial charge is 0.0730 e. The quantitative estimate of drug-likeness (QED) is 0.906. The number of aliphatic hydroxyl groups excluding tert-OH is 1. The van der Waals surface area contributed by atoms with Crippen LogP contribution in [0.15, 0.2) is 17.5 Å². The summed E-state index contributed by atoms with van der Waals surface area (Å²) >= 11 is 1.81. The molecule has 3 rings (SSSR count). The molecular weight excluding hydrogens is 284 g/mol. The SMILES string of the molecule is OC(CCCc1cccs1)C1CCOC2(CCOCC2)C1. The first-order chi connectivity index (χ1) is 10.3. The number of rotatable bonds is 5. The van der Waals surface area contributed by atoms with Crippen molar-refractivity contribution in [3.05, 3.63) is 22.4 Å². The largest absolute Gasteiger partial charge is 0.393 e. The van der Waals surface area contributed by atoms with Crippen LogP contribution in [0.4, 0.5) is 0 Å². The van der Waals surface area contributed by atoms with Crippen molar-refractivity contribution in [2.24, 2.45) is 5.92 Å². The first kappa shape index (κ1) is 15.5. The Hall–Kier alpha value is -0.420. The van der Waals surface area contributed by atoms with E-state index in [9.17, 15) is 5.11 Å². The third kappa shape index (κ3) is 4.07. The summed E-state index contributed by atoms with van der Waals surface area (Å²) in [5.41, 5.74) is -0.00407. The van der Waals surface area contributed by atoms with E-state index in [2.05, 4.69) is 17.5 Å². The molecule has 1 N–H and O–H groups in total. The molecule has 0 aromatic carbocycles. The zero-order chi connectivity index (χ0) is 14.5. The van der Waals surface area contributed by atoms with E-state index in [1.54, 1.807) is 0 Å². The van der Waals surface area contributed by atoms with Crippen molar-refractivity contribution >= 4 is 11.3 Å². The van der Waals surface area contributed by atoms with Gasteiger partial charge >= 0.3 is 0 Å². The van der Waals surface area contributed by atoms with Crippen molar-refractivity contribution in [2.75, 3.05) is 19.8 Å². The molecule has 2 unspecified atom stereocenters. The number of hydrogen-bond donors (Lipinski definition) is 1. The molecule has 1 aromatic rings. The number of ether oxygens (including phenoxy) is 2. The molecule has 118 valence electrons. The summed E-state index contributed by atoms with van der Waals surface area (Å²) in [6.45, 7) is 2.41. The summed E-state index contributed by atoms with van der Waals surface area (Å²) in [4.78, 5) is 1.43. The van der Waals surface area contributed by atoms with E-state index in [1.807, 2.05) is 11.3 Å². The van der Waals surface area contributed by atoms with Crippen LogP contribution >= 0.6 is 11.3 Å². The van der Waals surface area contributed by atoms with Crippen LogP contribution in [-0.2, 0) is 15.9 Å². The molecule has 1 spiro atoms. The predicted octanol–water partition coefficient (Wildman–Crippen LogP) is 3.41. The molecule has 2 saturated heterocycles. The number of hydrogen-bond acceptors (Lipinski definition) is 4. The van der Waals surface area contributed by atoms with E-state index in [1.165, 1.54) is 4.88 Å². The molecule has 2 aliphatic rings. The lowest BCUT2D eigenvalue weighted by molar-refractivity contribution is -0.158. The van der Waals surface area contributed by atoms with Crippen LogP contribution in [0, 0.1) is 5.92 Å². The Bertz CT molecular complexity index is 406. The van der Waals surface area contributed by atoms with Crippen LogP contribution < -0.4 is 0 Å². The summed E-state index contributed by atoms with van der Waals surface area (Å²) in [5.74, 6) is 0.403. The summed E-state index contributed by atoms with van der Waals surface area (Å²) in [6.07, 6.45) is 6.91. The minimum atomic E-state index is -0.173. The van der Waals surface area contributed by atoms with Crippen molar-refractivity contribution in [1.29, 1.82) is 0 Å². The lowest BCUT2D eigenvalue weighted by Crippen LogP contribution is -2.46. The average molecular weight is 310 g/mol. The van der Waals surface area contributed by atoms with Crippen molar-refractivity contribution in [3.63, 3.8) is 0 Å². The molecule has 0 amide bonds. The van der Waals surface area contributed by atoms with Gasteiger partial charge in [0.1, 0.15) is 0 Å². The first-order valence-corrected chi connectivity index (χ1v) is 9.08. The molecule has 0 radical (unpaired) electrons. The highest BCUT2D eigenvalue weighted by Gasteiger charge is 2.40. The van der Waals surface area contributed by atoms with Crippen molar-refractivity contribution in [1.82, 2.24) is 0 Å². The Morgan fingerprint density at radius 2 is 2.19 bits per heavy atom. The van der Waals surface area contributed by atoms with Gasteiger partial charge in [0, 0.05) is 24.7 Å². The van der Waals surface area contributed by atoms with Crippen LogP contribution in [0.5, 0.6) is 0 Å². The van der Waals surface area contributed by atoms with E-state index >= 15 is 0 Å². The Labute approximate surface area is 131 Å². The monoisotopic (exact) mass is 310 g/mol. The molecular formula is C17H26O3S. The van der Waals surface area contributed by atoms with E-state index in [0.717, 1.165) is 64.8 Å². The van der Waals surface area contributed by atoms with E-state index < -0.39 is 0 Å². The fourth-order valence-corrected chi connectivity index (χ4v) is 4.41. The summed E-state index contributed by atoms with van der Waals surface area (Å²) in [5, 5.41) is 12.7. The molecule has 2 fully saturated rings. The summed E-state index contributed by atoms with van der Waals surface area (Å²) < 4.78 is 11.5. The van der Waals surface area contributed by atoms with Gasteiger partial charge in [0.05, 0.1) is 11.7 Å². The molecule has 0 saturated carbocycles. The highest BCUT2D eigenvalue weighted by Crippen LogP contribution is 2.38. The zero-order valence-electron chi connectivity index (χ0n) is 12.6. The second-order valence-electron chi connectivity index (χ2n) is 6.44. The third-order valence-corrected chi connectivity index (χ3v) is 5.92. The van der Waals surface area contributed by atoms with Gasteiger partial charge in [-0.1, -0.05) is 6.07 Å². The molecule has 1 aromatic heterocycles. The Kier molecular flexibility index (Phi) is 5.33. The molecule has 0 bridgehead atoms. The lowest BCUT2D eigenvalue weighted by Gasteiger charge is -2.44. The Morgan fingerprint density at radius 3 is 2.95 bits per heavy atom. The number of aryl methyl sites for hydroxylation is 1. The topological polar surface area (TPSA) is 38.7 Å². The van der Waals surface area contributed by atoms with Gasteiger partial charge in [0.25, 0.3) is 0 Å². The molecule has 3 nitrogen and oxygen atoms in total. The van der Waals surface area contributed by atoms with Gasteiger partial charge in [-0.25, -0.2) is 0 Å². The molecule has 21 heavy (non-hydrogen) atoms. The summed E-state index contributed by atoms with van der Waals surface area (Å²) in [7, 11) is 0. The predicted molar refractivity (Wildman–Crippen MR) is 84.7 cm³/mol. The summed E-state index contributed by atoms with van der Waals surface area (Å²) in [6, 6.07) is 4.28. The van der Waals surface area contributed by atoms with Crippen LogP contribution in [-0.4, -0.2) is 36.6 Å². The third-order valence-electron chi connectivity index (χ3n) is 4.98. The van der Waals surface area contributed by atoms with Crippen LogP contribution in [0.25, 0.3) is 0 Å². The van der Waals surface area contributed by atoms with E-state index in [0.29, 0.717) is 5.92 Å². The first-order valence-electron chi connectivity index (χ1n) is 8.20. The van der Waals surface area contributed by atoms with Gasteiger partial charge in [0.15, 0.2) is 0 Å². The Morgan fingerprint density at radius 1 is 1.33 bits per heavy atom. The maximum Gasteiger partial charge on any atom is 0.0730 e. The van der Waals surface area contributed by atoms with Crippen LogP contribution in [0.3, 0.4) is 0 Å². The molecule has 3 heterocycles.